The first kappa shape index (κ1) is 16.3. The number of aliphatic carboxylic acids is 1. The zero-order chi connectivity index (χ0) is 15.2. The number of hydrogen-bond acceptors (Lipinski definition) is 3. The minimum atomic E-state index is -0.742. The van der Waals surface area contributed by atoms with Crippen LogP contribution in [0, 0.1) is 0 Å². The van der Waals surface area contributed by atoms with E-state index >= 15 is 0 Å². The van der Waals surface area contributed by atoms with Gasteiger partial charge in [0.1, 0.15) is 0 Å². The molecule has 5 heteroatoms. The summed E-state index contributed by atoms with van der Waals surface area (Å²) in [6.07, 6.45) is 2.05. The molecule has 1 aromatic carbocycles. The molecule has 0 aliphatic carbocycles. The molecule has 1 aliphatic heterocycles. The van der Waals surface area contributed by atoms with Gasteiger partial charge in [-0.3, -0.25) is 14.6 Å². The van der Waals surface area contributed by atoms with Crippen LogP contribution in [0.15, 0.2) is 24.3 Å². The van der Waals surface area contributed by atoms with E-state index in [4.69, 9.17) is 16.7 Å². The predicted molar refractivity (Wildman–Crippen MR) is 84.7 cm³/mol. The van der Waals surface area contributed by atoms with Gasteiger partial charge >= 0.3 is 5.97 Å². The maximum Gasteiger partial charge on any atom is 0.317 e. The van der Waals surface area contributed by atoms with E-state index in [1.807, 2.05) is 17.0 Å². The van der Waals surface area contributed by atoms with E-state index in [9.17, 15) is 4.79 Å². The van der Waals surface area contributed by atoms with Crippen LogP contribution in [0.1, 0.15) is 31.4 Å². The fraction of sp³-hybridized carbons (Fsp3) is 0.562. The van der Waals surface area contributed by atoms with Gasteiger partial charge in [-0.05, 0) is 30.5 Å². The first-order valence-corrected chi connectivity index (χ1v) is 7.91. The van der Waals surface area contributed by atoms with Gasteiger partial charge in [0.2, 0.25) is 0 Å². The third-order valence-electron chi connectivity index (χ3n) is 4.06. The van der Waals surface area contributed by atoms with Gasteiger partial charge in [0, 0.05) is 37.2 Å². The SMILES string of the molecule is CCC(c1ccc(Cl)cc1)N1CCCN(CC(=O)O)CC1. The average molecular weight is 311 g/mol. The highest BCUT2D eigenvalue weighted by Gasteiger charge is 2.22. The number of hydrogen-bond donors (Lipinski definition) is 1. The van der Waals surface area contributed by atoms with Gasteiger partial charge in [-0.1, -0.05) is 30.7 Å². The quantitative estimate of drug-likeness (QED) is 0.908. The highest BCUT2D eigenvalue weighted by Crippen LogP contribution is 2.26. The molecule has 1 heterocycles. The molecule has 1 unspecified atom stereocenters. The second-order valence-electron chi connectivity index (χ2n) is 5.54. The topological polar surface area (TPSA) is 43.8 Å². The molecule has 1 N–H and O–H groups in total. The Morgan fingerprint density at radius 2 is 1.95 bits per heavy atom. The molecule has 0 bridgehead atoms. The van der Waals surface area contributed by atoms with Crippen molar-refractivity contribution in [1.29, 1.82) is 0 Å². The zero-order valence-electron chi connectivity index (χ0n) is 12.5. The first-order valence-electron chi connectivity index (χ1n) is 7.54. The highest BCUT2D eigenvalue weighted by atomic mass is 35.5. The van der Waals surface area contributed by atoms with Crippen LogP contribution < -0.4 is 0 Å². The Kier molecular flexibility index (Phi) is 6.03. The molecular weight excluding hydrogens is 288 g/mol. The van der Waals surface area contributed by atoms with E-state index in [0.717, 1.165) is 44.0 Å². The Morgan fingerprint density at radius 1 is 1.24 bits per heavy atom. The van der Waals surface area contributed by atoms with Crippen molar-refractivity contribution in [1.82, 2.24) is 9.80 Å². The van der Waals surface area contributed by atoms with Crippen molar-refractivity contribution in [2.45, 2.75) is 25.8 Å². The summed E-state index contributed by atoms with van der Waals surface area (Å²) in [7, 11) is 0. The normalized spacial score (nSPS) is 19.1. The number of benzene rings is 1. The second kappa shape index (κ2) is 7.78. The minimum Gasteiger partial charge on any atom is -0.480 e. The van der Waals surface area contributed by atoms with Crippen LogP contribution in [0.2, 0.25) is 5.02 Å². The lowest BCUT2D eigenvalue weighted by atomic mass is 10.0. The van der Waals surface area contributed by atoms with E-state index in [1.54, 1.807) is 0 Å². The van der Waals surface area contributed by atoms with E-state index in [-0.39, 0.29) is 6.54 Å². The molecule has 116 valence electrons. The van der Waals surface area contributed by atoms with Gasteiger partial charge in [0.25, 0.3) is 0 Å². The molecule has 21 heavy (non-hydrogen) atoms. The monoisotopic (exact) mass is 310 g/mol. The number of carbonyl (C=O) groups is 1. The molecule has 0 radical (unpaired) electrons. The highest BCUT2D eigenvalue weighted by molar-refractivity contribution is 6.30. The maximum absolute atomic E-state index is 10.8. The summed E-state index contributed by atoms with van der Waals surface area (Å²) >= 11 is 5.96. The number of carboxylic acid groups (broad SMARTS) is 1. The van der Waals surface area contributed by atoms with Crippen molar-refractivity contribution < 1.29 is 9.90 Å². The van der Waals surface area contributed by atoms with Crippen LogP contribution in [-0.2, 0) is 4.79 Å². The molecule has 1 aromatic rings. The minimum absolute atomic E-state index is 0.144. The molecule has 0 amide bonds. The third kappa shape index (κ3) is 4.70. The Morgan fingerprint density at radius 3 is 2.57 bits per heavy atom. The third-order valence-corrected chi connectivity index (χ3v) is 4.32. The van der Waals surface area contributed by atoms with Gasteiger partial charge in [-0.2, -0.15) is 0 Å². The fourth-order valence-electron chi connectivity index (χ4n) is 3.04. The first-order chi connectivity index (χ1) is 10.1. The zero-order valence-corrected chi connectivity index (χ0v) is 13.2. The molecule has 0 spiro atoms. The van der Waals surface area contributed by atoms with E-state index in [0.29, 0.717) is 6.04 Å². The van der Waals surface area contributed by atoms with Gasteiger partial charge in [-0.15, -0.1) is 0 Å². The summed E-state index contributed by atoms with van der Waals surface area (Å²) in [5, 5.41) is 9.68. The van der Waals surface area contributed by atoms with Crippen LogP contribution in [0.5, 0.6) is 0 Å². The molecule has 1 aliphatic rings. The van der Waals surface area contributed by atoms with Crippen LogP contribution in [-0.4, -0.2) is 53.6 Å². The van der Waals surface area contributed by atoms with Crippen LogP contribution in [0.4, 0.5) is 0 Å². The standard InChI is InChI=1S/C16H23ClN2O2/c1-2-15(13-4-6-14(17)7-5-13)19-9-3-8-18(10-11-19)12-16(20)21/h4-7,15H,2-3,8-12H2,1H3,(H,20,21). The Balaban J connectivity index is 2.02. The second-order valence-corrected chi connectivity index (χ2v) is 5.97. The van der Waals surface area contributed by atoms with E-state index in [1.165, 1.54) is 5.56 Å². The molecule has 0 saturated carbocycles. The van der Waals surface area contributed by atoms with Gasteiger partial charge in [-0.25, -0.2) is 0 Å². The van der Waals surface area contributed by atoms with Gasteiger partial charge in [0.15, 0.2) is 0 Å². The predicted octanol–water partition coefficient (Wildman–Crippen LogP) is 2.88. The van der Waals surface area contributed by atoms with Crippen molar-refractivity contribution in [3.05, 3.63) is 34.9 Å². The van der Waals surface area contributed by atoms with Crippen molar-refractivity contribution in [2.24, 2.45) is 0 Å². The molecule has 1 saturated heterocycles. The van der Waals surface area contributed by atoms with Gasteiger partial charge < -0.3 is 5.11 Å². The van der Waals surface area contributed by atoms with Gasteiger partial charge in [0.05, 0.1) is 6.54 Å². The van der Waals surface area contributed by atoms with Crippen molar-refractivity contribution in [3.63, 3.8) is 0 Å². The summed E-state index contributed by atoms with van der Waals surface area (Å²) in [4.78, 5) is 15.3. The van der Waals surface area contributed by atoms with E-state index in [2.05, 4.69) is 24.0 Å². The molecule has 4 nitrogen and oxygen atoms in total. The molecule has 1 atom stereocenters. The van der Waals surface area contributed by atoms with Crippen LogP contribution >= 0.6 is 11.6 Å². The summed E-state index contributed by atoms with van der Waals surface area (Å²) in [6, 6.07) is 8.45. The molecule has 2 rings (SSSR count). The Bertz CT molecular complexity index is 464. The molecule has 0 aromatic heterocycles. The summed E-state index contributed by atoms with van der Waals surface area (Å²) in [5.74, 6) is -0.742. The fourth-order valence-corrected chi connectivity index (χ4v) is 3.17. The largest absolute Gasteiger partial charge is 0.480 e. The molecular formula is C16H23ClN2O2. The number of nitrogens with zero attached hydrogens (tertiary/aromatic N) is 2. The van der Waals surface area contributed by atoms with Crippen molar-refractivity contribution in [3.8, 4) is 0 Å². The van der Waals surface area contributed by atoms with Crippen molar-refractivity contribution >= 4 is 17.6 Å². The number of carboxylic acids is 1. The molecule has 1 fully saturated rings. The number of rotatable bonds is 5. The van der Waals surface area contributed by atoms with E-state index < -0.39 is 5.97 Å². The summed E-state index contributed by atoms with van der Waals surface area (Å²) in [6.45, 7) is 5.94. The van der Waals surface area contributed by atoms with Crippen LogP contribution in [0.25, 0.3) is 0 Å². The summed E-state index contributed by atoms with van der Waals surface area (Å²) in [5.41, 5.74) is 1.29. The average Bonchev–Trinajstić information content (AvgIpc) is 2.67. The van der Waals surface area contributed by atoms with Crippen molar-refractivity contribution in [2.75, 3.05) is 32.7 Å². The Hall–Kier alpha value is -1.10. The number of halogens is 1. The Labute approximate surface area is 131 Å². The smallest absolute Gasteiger partial charge is 0.317 e. The maximum atomic E-state index is 10.8. The lowest BCUT2D eigenvalue weighted by Gasteiger charge is -2.30. The summed E-state index contributed by atoms with van der Waals surface area (Å²) < 4.78 is 0. The lowest BCUT2D eigenvalue weighted by Crippen LogP contribution is -2.35. The van der Waals surface area contributed by atoms with Crippen LogP contribution in [0.3, 0.4) is 0 Å². The lowest BCUT2D eigenvalue weighted by molar-refractivity contribution is -0.138.